The van der Waals surface area contributed by atoms with E-state index in [1.54, 1.807) is 0 Å². The van der Waals surface area contributed by atoms with Gasteiger partial charge in [0.1, 0.15) is 16.7 Å². The Kier molecular flexibility index (Phi) is 7.01. The van der Waals surface area contributed by atoms with Crippen molar-refractivity contribution in [3.05, 3.63) is 40.9 Å². The highest BCUT2D eigenvalue weighted by atomic mass is 35.5. The number of hydrogen-bond acceptors (Lipinski definition) is 6. The van der Waals surface area contributed by atoms with Gasteiger partial charge in [-0.05, 0) is 31.7 Å². The average molecular weight is 495 g/mol. The summed E-state index contributed by atoms with van der Waals surface area (Å²) in [5, 5.41) is 0.254. The Balaban J connectivity index is 1.96. The van der Waals surface area contributed by atoms with Crippen LogP contribution in [-0.2, 0) is 16.2 Å². The van der Waals surface area contributed by atoms with E-state index >= 15 is 0 Å². The normalized spacial score (nSPS) is 17.3. The van der Waals surface area contributed by atoms with Crippen LogP contribution in [0.1, 0.15) is 12.0 Å². The lowest BCUT2D eigenvalue weighted by atomic mass is 10.2. The molecule has 0 saturated carbocycles. The molecule has 3 rings (SSSR count). The van der Waals surface area contributed by atoms with Crippen molar-refractivity contribution in [3.8, 4) is 17.2 Å². The molecule has 2 aromatic carbocycles. The van der Waals surface area contributed by atoms with Crippen molar-refractivity contribution in [2.75, 3.05) is 39.1 Å². The summed E-state index contributed by atoms with van der Waals surface area (Å²) in [7, 11) is -0.374. The number of methoxy groups -OCH3 is 2. The van der Waals surface area contributed by atoms with E-state index in [1.165, 1.54) is 25.3 Å². The van der Waals surface area contributed by atoms with Crippen LogP contribution in [0.5, 0.6) is 17.2 Å². The minimum absolute atomic E-state index is 0.00124. The van der Waals surface area contributed by atoms with Crippen molar-refractivity contribution in [3.63, 3.8) is 0 Å². The minimum atomic E-state index is -4.95. The summed E-state index contributed by atoms with van der Waals surface area (Å²) >= 11 is 6.16. The van der Waals surface area contributed by atoms with Gasteiger partial charge in [-0.2, -0.15) is 13.2 Å². The first-order valence-corrected chi connectivity index (χ1v) is 11.3. The fourth-order valence-electron chi connectivity index (χ4n) is 3.34. The van der Waals surface area contributed by atoms with E-state index in [0.717, 1.165) is 26.1 Å². The van der Waals surface area contributed by atoms with Gasteiger partial charge in [0, 0.05) is 25.2 Å². The van der Waals surface area contributed by atoms with Crippen LogP contribution in [-0.4, -0.2) is 53.8 Å². The molecule has 0 aliphatic carbocycles. The summed E-state index contributed by atoms with van der Waals surface area (Å²) in [5.41, 5.74) is -1.39. The van der Waals surface area contributed by atoms with Gasteiger partial charge in [0.2, 0.25) is 0 Å². The number of nitrogens with one attached hydrogen (secondary N) is 1. The van der Waals surface area contributed by atoms with Crippen LogP contribution < -0.4 is 18.9 Å². The second-order valence-corrected chi connectivity index (χ2v) is 9.30. The zero-order chi connectivity index (χ0) is 23.7. The van der Waals surface area contributed by atoms with E-state index in [-0.39, 0.29) is 34.1 Å². The Hall–Kier alpha value is -2.37. The van der Waals surface area contributed by atoms with Gasteiger partial charge in [-0.3, -0.25) is 4.72 Å². The molecule has 1 aliphatic rings. The predicted octanol–water partition coefficient (Wildman–Crippen LogP) is 4.26. The highest BCUT2D eigenvalue weighted by Gasteiger charge is 2.39. The molecule has 32 heavy (non-hydrogen) atoms. The van der Waals surface area contributed by atoms with Crippen molar-refractivity contribution in [1.82, 2.24) is 4.90 Å². The Bertz CT molecular complexity index is 1100. The summed E-state index contributed by atoms with van der Waals surface area (Å²) in [6.07, 6.45) is -4.32. The average Bonchev–Trinajstić information content (AvgIpc) is 3.13. The fourth-order valence-corrected chi connectivity index (χ4v) is 4.78. The van der Waals surface area contributed by atoms with Gasteiger partial charge in [0.05, 0.1) is 30.5 Å². The maximum absolute atomic E-state index is 13.6. The molecule has 12 heteroatoms. The molecule has 0 radical (unpaired) electrons. The number of alkyl halides is 3. The molecule has 7 nitrogen and oxygen atoms in total. The molecule has 0 bridgehead atoms. The number of rotatable bonds is 7. The minimum Gasteiger partial charge on any atom is -0.493 e. The van der Waals surface area contributed by atoms with Crippen LogP contribution >= 0.6 is 11.6 Å². The number of benzene rings is 2. The molecule has 0 aromatic heterocycles. The van der Waals surface area contributed by atoms with E-state index in [1.807, 2.05) is 7.05 Å². The fraction of sp³-hybridized carbons (Fsp3) is 0.400. The van der Waals surface area contributed by atoms with Crippen molar-refractivity contribution in [2.45, 2.75) is 23.6 Å². The SMILES string of the molecule is COc1cc(C(F)(F)F)c(S(=O)(=O)Nc2ccc(Cl)c(O[C@@H]3CCN(C)C3)c2)cc1OC. The summed E-state index contributed by atoms with van der Waals surface area (Å²) in [6.45, 7) is 1.51. The number of halogens is 4. The smallest absolute Gasteiger partial charge is 0.417 e. The maximum Gasteiger partial charge on any atom is 0.417 e. The van der Waals surface area contributed by atoms with E-state index < -0.39 is 26.7 Å². The van der Waals surface area contributed by atoms with Crippen molar-refractivity contribution >= 4 is 27.3 Å². The lowest BCUT2D eigenvalue weighted by molar-refractivity contribution is -0.140. The summed E-state index contributed by atoms with van der Waals surface area (Å²) < 4.78 is 84.6. The second kappa shape index (κ2) is 9.24. The largest absolute Gasteiger partial charge is 0.493 e. The molecule has 1 heterocycles. The first kappa shape index (κ1) is 24.3. The topological polar surface area (TPSA) is 77.1 Å². The Morgan fingerprint density at radius 3 is 2.31 bits per heavy atom. The lowest BCUT2D eigenvalue weighted by Crippen LogP contribution is -2.22. The number of nitrogens with zero attached hydrogens (tertiary/aromatic N) is 1. The number of likely N-dealkylation sites (N-methyl/N-ethyl adjacent to an activating group) is 1. The zero-order valence-corrected chi connectivity index (χ0v) is 19.1. The number of ether oxygens (including phenoxy) is 3. The molecular weight excluding hydrogens is 473 g/mol. The molecule has 1 fully saturated rings. The third-order valence-electron chi connectivity index (χ3n) is 4.91. The van der Waals surface area contributed by atoms with Gasteiger partial charge < -0.3 is 19.1 Å². The Labute approximate surface area is 189 Å². The van der Waals surface area contributed by atoms with Crippen LogP contribution in [0.2, 0.25) is 5.02 Å². The Morgan fingerprint density at radius 1 is 1.09 bits per heavy atom. The molecule has 2 aromatic rings. The lowest BCUT2D eigenvalue weighted by Gasteiger charge is -2.19. The molecule has 0 unspecified atom stereocenters. The van der Waals surface area contributed by atoms with Crippen molar-refractivity contribution < 1.29 is 35.8 Å². The van der Waals surface area contributed by atoms with Gasteiger partial charge in [-0.15, -0.1) is 0 Å². The third kappa shape index (κ3) is 5.33. The highest BCUT2D eigenvalue weighted by Crippen LogP contribution is 2.41. The van der Waals surface area contributed by atoms with Gasteiger partial charge in [-0.1, -0.05) is 11.6 Å². The van der Waals surface area contributed by atoms with E-state index in [0.29, 0.717) is 12.6 Å². The molecule has 1 atom stereocenters. The van der Waals surface area contributed by atoms with E-state index in [9.17, 15) is 21.6 Å². The molecule has 0 spiro atoms. The van der Waals surface area contributed by atoms with Crippen LogP contribution in [0.3, 0.4) is 0 Å². The van der Waals surface area contributed by atoms with Crippen molar-refractivity contribution in [1.29, 1.82) is 0 Å². The number of likely N-dealkylation sites (tertiary alicyclic amines) is 1. The first-order chi connectivity index (χ1) is 14.9. The van der Waals surface area contributed by atoms with Crippen LogP contribution in [0, 0.1) is 0 Å². The van der Waals surface area contributed by atoms with Gasteiger partial charge in [0.25, 0.3) is 10.0 Å². The molecular formula is C20H22ClF3N2O5S. The molecule has 1 N–H and O–H groups in total. The first-order valence-electron chi connectivity index (χ1n) is 9.45. The second-order valence-electron chi connectivity index (χ2n) is 7.24. The number of sulfonamides is 1. The van der Waals surface area contributed by atoms with Gasteiger partial charge >= 0.3 is 6.18 Å². The zero-order valence-electron chi connectivity index (χ0n) is 17.5. The summed E-state index contributed by atoms with van der Waals surface area (Å²) in [5.74, 6) is -0.177. The molecule has 0 amide bonds. The highest BCUT2D eigenvalue weighted by molar-refractivity contribution is 7.92. The predicted molar refractivity (Wildman–Crippen MR) is 113 cm³/mol. The van der Waals surface area contributed by atoms with Crippen LogP contribution in [0.15, 0.2) is 35.2 Å². The number of hydrogen-bond donors (Lipinski definition) is 1. The Morgan fingerprint density at radius 2 is 1.75 bits per heavy atom. The standard InChI is InChI=1S/C20H22ClF3N2O5S/c1-26-7-6-13(11-26)31-16-8-12(4-5-15(16)21)25-32(27,28)19-10-18(30-3)17(29-2)9-14(19)20(22,23)24/h4-5,8-10,13,25H,6-7,11H2,1-3H3/t13-/m1/s1. The molecule has 1 aliphatic heterocycles. The molecule has 1 saturated heterocycles. The summed E-state index contributed by atoms with van der Waals surface area (Å²) in [6, 6.07) is 5.44. The number of anilines is 1. The van der Waals surface area contributed by atoms with E-state index in [4.69, 9.17) is 25.8 Å². The third-order valence-corrected chi connectivity index (χ3v) is 6.64. The van der Waals surface area contributed by atoms with Gasteiger partial charge in [0.15, 0.2) is 11.5 Å². The maximum atomic E-state index is 13.6. The summed E-state index contributed by atoms with van der Waals surface area (Å²) in [4.78, 5) is 1.07. The van der Waals surface area contributed by atoms with Gasteiger partial charge in [-0.25, -0.2) is 8.42 Å². The molecule has 176 valence electrons. The van der Waals surface area contributed by atoms with Crippen LogP contribution in [0.25, 0.3) is 0 Å². The van der Waals surface area contributed by atoms with Crippen molar-refractivity contribution in [2.24, 2.45) is 0 Å². The van der Waals surface area contributed by atoms with E-state index in [2.05, 4.69) is 9.62 Å². The monoisotopic (exact) mass is 494 g/mol. The quantitative estimate of drug-likeness (QED) is 0.620. The van der Waals surface area contributed by atoms with Crippen LogP contribution in [0.4, 0.5) is 18.9 Å².